The lowest BCUT2D eigenvalue weighted by atomic mass is 10.1. The van der Waals surface area contributed by atoms with Crippen molar-refractivity contribution in [1.82, 2.24) is 10.2 Å². The molecule has 0 spiro atoms. The molecule has 2 fully saturated rings. The second kappa shape index (κ2) is 6.72. The van der Waals surface area contributed by atoms with E-state index in [-0.39, 0.29) is 24.2 Å². The van der Waals surface area contributed by atoms with Crippen LogP contribution < -0.4 is 5.32 Å². The van der Waals surface area contributed by atoms with E-state index in [1.807, 2.05) is 4.90 Å². The molecule has 2 amide bonds. The van der Waals surface area contributed by atoms with E-state index in [9.17, 15) is 14.4 Å². The van der Waals surface area contributed by atoms with Crippen LogP contribution in [0.1, 0.15) is 44.9 Å². The summed E-state index contributed by atoms with van der Waals surface area (Å²) in [6.45, 7) is 1.13. The lowest BCUT2D eigenvalue weighted by Crippen LogP contribution is -2.34. The number of carbonyl (C=O) groups excluding carboxylic acids is 2. The van der Waals surface area contributed by atoms with Gasteiger partial charge in [0.25, 0.3) is 0 Å². The van der Waals surface area contributed by atoms with Gasteiger partial charge in [-0.05, 0) is 25.7 Å². The van der Waals surface area contributed by atoms with Crippen molar-refractivity contribution in [3.05, 3.63) is 0 Å². The van der Waals surface area contributed by atoms with E-state index in [1.165, 1.54) is 0 Å². The number of unbranched alkanes of at least 4 members (excludes halogenated alkanes) is 2. The van der Waals surface area contributed by atoms with Gasteiger partial charge in [-0.3, -0.25) is 14.4 Å². The molecule has 0 aromatic carbocycles. The molecular formula is C14H22N2O4. The number of amides is 2. The van der Waals surface area contributed by atoms with E-state index in [0.717, 1.165) is 25.7 Å². The first-order valence-electron chi connectivity index (χ1n) is 7.37. The molecule has 1 heterocycles. The lowest BCUT2D eigenvalue weighted by Gasteiger charge is -2.15. The van der Waals surface area contributed by atoms with Crippen LogP contribution in [-0.2, 0) is 14.4 Å². The van der Waals surface area contributed by atoms with Crippen molar-refractivity contribution in [2.45, 2.75) is 51.0 Å². The van der Waals surface area contributed by atoms with Gasteiger partial charge in [-0.1, -0.05) is 6.42 Å². The van der Waals surface area contributed by atoms with Crippen molar-refractivity contribution in [3.63, 3.8) is 0 Å². The Balaban J connectivity index is 1.58. The van der Waals surface area contributed by atoms with Crippen LogP contribution in [0, 0.1) is 5.92 Å². The molecule has 1 aliphatic heterocycles. The van der Waals surface area contributed by atoms with Crippen LogP contribution in [0.15, 0.2) is 0 Å². The minimum atomic E-state index is -0.779. The van der Waals surface area contributed by atoms with Gasteiger partial charge in [0.2, 0.25) is 11.8 Å². The quantitative estimate of drug-likeness (QED) is 0.643. The van der Waals surface area contributed by atoms with Gasteiger partial charge in [-0.2, -0.15) is 0 Å². The minimum Gasteiger partial charge on any atom is -0.481 e. The number of carboxylic acids is 1. The maximum absolute atomic E-state index is 11.9. The SMILES string of the molecule is O=C(O)CCCCCNC(=O)C1CC(=O)N(C2CC2)C1. The highest BCUT2D eigenvalue weighted by Gasteiger charge is 2.41. The Morgan fingerprint density at radius 3 is 2.65 bits per heavy atom. The third-order valence-corrected chi connectivity index (χ3v) is 3.88. The standard InChI is InChI=1S/C14H22N2O4/c17-12-8-10(9-16(12)11-5-6-11)14(20)15-7-3-1-2-4-13(18)19/h10-11H,1-9H2,(H,15,20)(H,18,19). The molecule has 0 aromatic rings. The van der Waals surface area contributed by atoms with E-state index in [2.05, 4.69) is 5.32 Å². The molecule has 0 bridgehead atoms. The topological polar surface area (TPSA) is 86.7 Å². The monoisotopic (exact) mass is 282 g/mol. The van der Waals surface area contributed by atoms with Crippen molar-refractivity contribution < 1.29 is 19.5 Å². The number of hydrogen-bond acceptors (Lipinski definition) is 3. The fraction of sp³-hybridized carbons (Fsp3) is 0.786. The second-order valence-corrected chi connectivity index (χ2v) is 5.67. The summed E-state index contributed by atoms with van der Waals surface area (Å²) in [4.78, 5) is 35.8. The van der Waals surface area contributed by atoms with Crippen LogP contribution in [0.4, 0.5) is 0 Å². The maximum atomic E-state index is 11.9. The summed E-state index contributed by atoms with van der Waals surface area (Å²) in [5.74, 6) is -0.922. The maximum Gasteiger partial charge on any atom is 0.303 e. The van der Waals surface area contributed by atoms with Crippen LogP contribution in [-0.4, -0.2) is 46.9 Å². The van der Waals surface area contributed by atoms with Gasteiger partial charge in [0.1, 0.15) is 0 Å². The predicted molar refractivity (Wildman–Crippen MR) is 72.0 cm³/mol. The Labute approximate surface area is 118 Å². The smallest absolute Gasteiger partial charge is 0.303 e. The largest absolute Gasteiger partial charge is 0.481 e. The Hall–Kier alpha value is -1.59. The fourth-order valence-electron chi connectivity index (χ4n) is 2.58. The molecule has 2 N–H and O–H groups in total. The zero-order valence-corrected chi connectivity index (χ0v) is 11.6. The molecule has 1 aliphatic carbocycles. The Morgan fingerprint density at radius 1 is 1.25 bits per heavy atom. The first kappa shape index (κ1) is 14.8. The van der Waals surface area contributed by atoms with Crippen LogP contribution in [0.25, 0.3) is 0 Å². The molecular weight excluding hydrogens is 260 g/mol. The van der Waals surface area contributed by atoms with Crippen LogP contribution in [0.5, 0.6) is 0 Å². The third-order valence-electron chi connectivity index (χ3n) is 3.88. The van der Waals surface area contributed by atoms with E-state index < -0.39 is 5.97 Å². The average Bonchev–Trinajstić information content (AvgIpc) is 3.16. The minimum absolute atomic E-state index is 0.0419. The van der Waals surface area contributed by atoms with Crippen molar-refractivity contribution in [2.24, 2.45) is 5.92 Å². The number of aliphatic carboxylic acids is 1. The van der Waals surface area contributed by atoms with E-state index in [4.69, 9.17) is 5.11 Å². The summed E-state index contributed by atoms with van der Waals surface area (Å²) in [6, 6.07) is 0.385. The highest BCUT2D eigenvalue weighted by atomic mass is 16.4. The molecule has 0 aromatic heterocycles. The molecule has 2 rings (SSSR count). The first-order chi connectivity index (χ1) is 9.58. The summed E-state index contributed by atoms with van der Waals surface area (Å²) in [7, 11) is 0. The molecule has 112 valence electrons. The van der Waals surface area contributed by atoms with E-state index in [0.29, 0.717) is 32.0 Å². The normalized spacial score (nSPS) is 22.1. The Bertz CT molecular complexity index is 393. The van der Waals surface area contributed by atoms with Crippen molar-refractivity contribution in [2.75, 3.05) is 13.1 Å². The molecule has 1 saturated carbocycles. The summed E-state index contributed by atoms with van der Waals surface area (Å²) in [5, 5.41) is 11.3. The van der Waals surface area contributed by atoms with Crippen LogP contribution >= 0.6 is 0 Å². The summed E-state index contributed by atoms with van der Waals surface area (Å²) in [6.07, 6.45) is 4.88. The predicted octanol–water partition coefficient (Wildman–Crippen LogP) is 0.758. The fourth-order valence-corrected chi connectivity index (χ4v) is 2.58. The number of carbonyl (C=O) groups is 3. The molecule has 20 heavy (non-hydrogen) atoms. The van der Waals surface area contributed by atoms with Gasteiger partial charge in [-0.25, -0.2) is 0 Å². The van der Waals surface area contributed by atoms with Crippen molar-refractivity contribution >= 4 is 17.8 Å². The number of hydrogen-bond donors (Lipinski definition) is 2. The average molecular weight is 282 g/mol. The van der Waals surface area contributed by atoms with Gasteiger partial charge in [0, 0.05) is 32.0 Å². The Kier molecular flexibility index (Phi) is 4.98. The van der Waals surface area contributed by atoms with Crippen molar-refractivity contribution in [3.8, 4) is 0 Å². The van der Waals surface area contributed by atoms with Gasteiger partial charge in [0.15, 0.2) is 0 Å². The second-order valence-electron chi connectivity index (χ2n) is 5.67. The Morgan fingerprint density at radius 2 is 2.00 bits per heavy atom. The molecule has 1 unspecified atom stereocenters. The van der Waals surface area contributed by atoms with Crippen molar-refractivity contribution in [1.29, 1.82) is 0 Å². The van der Waals surface area contributed by atoms with Crippen LogP contribution in [0.3, 0.4) is 0 Å². The third kappa shape index (κ3) is 4.21. The van der Waals surface area contributed by atoms with Gasteiger partial charge < -0.3 is 15.3 Å². The van der Waals surface area contributed by atoms with Gasteiger partial charge in [0.05, 0.1) is 5.92 Å². The summed E-state index contributed by atoms with van der Waals surface area (Å²) < 4.78 is 0. The number of nitrogens with one attached hydrogen (secondary N) is 1. The zero-order valence-electron chi connectivity index (χ0n) is 11.6. The molecule has 6 heteroatoms. The number of rotatable bonds is 8. The molecule has 6 nitrogen and oxygen atoms in total. The molecule has 2 aliphatic rings. The van der Waals surface area contributed by atoms with Crippen LogP contribution in [0.2, 0.25) is 0 Å². The number of carboxylic acid groups (broad SMARTS) is 1. The van der Waals surface area contributed by atoms with Gasteiger partial charge >= 0.3 is 5.97 Å². The van der Waals surface area contributed by atoms with Gasteiger partial charge in [-0.15, -0.1) is 0 Å². The molecule has 1 saturated heterocycles. The lowest BCUT2D eigenvalue weighted by molar-refractivity contribution is -0.137. The molecule has 1 atom stereocenters. The van der Waals surface area contributed by atoms with E-state index in [1.54, 1.807) is 0 Å². The van der Waals surface area contributed by atoms with E-state index >= 15 is 0 Å². The highest BCUT2D eigenvalue weighted by molar-refractivity contribution is 5.89. The first-order valence-corrected chi connectivity index (χ1v) is 7.37. The number of likely N-dealkylation sites (tertiary alicyclic amines) is 1. The molecule has 0 radical (unpaired) electrons. The number of nitrogens with zero attached hydrogens (tertiary/aromatic N) is 1. The summed E-state index contributed by atoms with van der Waals surface area (Å²) >= 11 is 0. The highest BCUT2D eigenvalue weighted by Crippen LogP contribution is 2.32. The summed E-state index contributed by atoms with van der Waals surface area (Å²) in [5.41, 5.74) is 0. The zero-order chi connectivity index (χ0) is 14.5.